The molecule has 120 valence electrons. The number of rotatable bonds is 3. The van der Waals surface area contributed by atoms with Crippen molar-refractivity contribution in [3.8, 4) is 0 Å². The Bertz CT molecular complexity index is 676. The molecule has 1 amide bonds. The molecular weight excluding hydrogens is 309 g/mol. The largest absolute Gasteiger partial charge is 0.373 e. The zero-order valence-corrected chi connectivity index (χ0v) is 12.9. The Balaban J connectivity index is 1.64. The SMILES string of the molecule is O=C(CCc1cccc(F)c1)N1CCOC2CS(=O)(=O)CC21. The van der Waals surface area contributed by atoms with Crippen LogP contribution in [0, 0.1) is 5.82 Å². The average Bonchev–Trinajstić information content (AvgIpc) is 2.78. The highest BCUT2D eigenvalue weighted by Crippen LogP contribution is 2.25. The summed E-state index contributed by atoms with van der Waals surface area (Å²) in [5.74, 6) is -0.452. The predicted octanol–water partition coefficient (Wildman–Crippen LogP) is 0.783. The summed E-state index contributed by atoms with van der Waals surface area (Å²) in [5.41, 5.74) is 0.761. The van der Waals surface area contributed by atoms with Crippen LogP contribution >= 0.6 is 0 Å². The van der Waals surface area contributed by atoms with Crippen molar-refractivity contribution >= 4 is 15.7 Å². The van der Waals surface area contributed by atoms with Gasteiger partial charge in [-0.15, -0.1) is 0 Å². The van der Waals surface area contributed by atoms with E-state index in [1.165, 1.54) is 12.1 Å². The minimum absolute atomic E-state index is 0.00859. The predicted molar refractivity (Wildman–Crippen MR) is 78.6 cm³/mol. The van der Waals surface area contributed by atoms with Gasteiger partial charge in [-0.25, -0.2) is 12.8 Å². The summed E-state index contributed by atoms with van der Waals surface area (Å²) in [6, 6.07) is 5.79. The lowest BCUT2D eigenvalue weighted by Gasteiger charge is -2.36. The zero-order chi connectivity index (χ0) is 15.7. The molecule has 5 nitrogen and oxygen atoms in total. The van der Waals surface area contributed by atoms with Crippen LogP contribution in [0.3, 0.4) is 0 Å². The summed E-state index contributed by atoms with van der Waals surface area (Å²) in [4.78, 5) is 14.0. The van der Waals surface area contributed by atoms with Gasteiger partial charge in [0.15, 0.2) is 9.84 Å². The van der Waals surface area contributed by atoms with Gasteiger partial charge in [0, 0.05) is 13.0 Å². The molecule has 0 N–H and O–H groups in total. The van der Waals surface area contributed by atoms with Gasteiger partial charge in [0.1, 0.15) is 5.82 Å². The van der Waals surface area contributed by atoms with Crippen LogP contribution in [0.15, 0.2) is 24.3 Å². The summed E-state index contributed by atoms with van der Waals surface area (Å²) in [7, 11) is -3.14. The normalized spacial score (nSPS) is 26.7. The molecule has 0 radical (unpaired) electrons. The van der Waals surface area contributed by atoms with Crippen LogP contribution in [0.1, 0.15) is 12.0 Å². The molecule has 0 spiro atoms. The molecule has 0 saturated carbocycles. The molecule has 2 unspecified atom stereocenters. The molecule has 22 heavy (non-hydrogen) atoms. The highest BCUT2D eigenvalue weighted by Gasteiger charge is 2.45. The fourth-order valence-electron chi connectivity index (χ4n) is 3.11. The Morgan fingerprint density at radius 3 is 2.95 bits per heavy atom. The minimum atomic E-state index is -3.14. The number of fused-ring (bicyclic) bond motifs is 1. The number of carbonyl (C=O) groups is 1. The first kappa shape index (κ1) is 15.4. The summed E-state index contributed by atoms with van der Waals surface area (Å²) in [6.45, 7) is 0.779. The zero-order valence-electron chi connectivity index (χ0n) is 12.1. The van der Waals surface area contributed by atoms with Crippen LogP contribution in [0.4, 0.5) is 4.39 Å². The number of halogens is 1. The summed E-state index contributed by atoms with van der Waals surface area (Å²) in [6.07, 6.45) is 0.280. The smallest absolute Gasteiger partial charge is 0.223 e. The first-order valence-electron chi connectivity index (χ1n) is 7.30. The van der Waals surface area contributed by atoms with Gasteiger partial charge in [0.25, 0.3) is 0 Å². The van der Waals surface area contributed by atoms with E-state index in [9.17, 15) is 17.6 Å². The number of morpholine rings is 1. The molecule has 2 aliphatic rings. The number of ether oxygens (including phenoxy) is 1. The van der Waals surface area contributed by atoms with E-state index in [4.69, 9.17) is 4.74 Å². The quantitative estimate of drug-likeness (QED) is 0.823. The number of nitrogens with zero attached hydrogens (tertiary/aromatic N) is 1. The second-order valence-corrected chi connectivity index (χ2v) is 7.92. The third-order valence-electron chi connectivity index (χ3n) is 4.17. The third kappa shape index (κ3) is 3.30. The summed E-state index contributed by atoms with van der Waals surface area (Å²) >= 11 is 0. The Kier molecular flexibility index (Phi) is 4.18. The van der Waals surface area contributed by atoms with Gasteiger partial charge in [-0.1, -0.05) is 12.1 Å². The highest BCUT2D eigenvalue weighted by molar-refractivity contribution is 7.91. The standard InChI is InChI=1S/C15H18FNO4S/c16-12-3-1-2-11(8-12)4-5-15(18)17-6-7-21-14-10-22(19,20)9-13(14)17/h1-3,8,13-14H,4-7,9-10H2. The lowest BCUT2D eigenvalue weighted by Crippen LogP contribution is -2.53. The van der Waals surface area contributed by atoms with Gasteiger partial charge >= 0.3 is 0 Å². The first-order chi connectivity index (χ1) is 10.4. The van der Waals surface area contributed by atoms with E-state index in [-0.39, 0.29) is 35.7 Å². The monoisotopic (exact) mass is 327 g/mol. The second kappa shape index (κ2) is 5.96. The number of amides is 1. The van der Waals surface area contributed by atoms with E-state index in [2.05, 4.69) is 0 Å². The molecule has 0 aromatic heterocycles. The molecule has 2 saturated heterocycles. The van der Waals surface area contributed by atoms with Gasteiger partial charge in [0.2, 0.25) is 5.91 Å². The highest BCUT2D eigenvalue weighted by atomic mass is 32.2. The van der Waals surface area contributed by atoms with Crippen molar-refractivity contribution in [2.75, 3.05) is 24.7 Å². The van der Waals surface area contributed by atoms with Crippen molar-refractivity contribution in [3.05, 3.63) is 35.6 Å². The van der Waals surface area contributed by atoms with Crippen LogP contribution < -0.4 is 0 Å². The number of hydrogen-bond donors (Lipinski definition) is 0. The minimum Gasteiger partial charge on any atom is -0.373 e. The number of hydrogen-bond acceptors (Lipinski definition) is 4. The maximum atomic E-state index is 13.1. The third-order valence-corrected chi connectivity index (χ3v) is 5.86. The van der Waals surface area contributed by atoms with Crippen LogP contribution in [-0.2, 0) is 25.8 Å². The van der Waals surface area contributed by atoms with E-state index in [1.54, 1.807) is 17.0 Å². The molecule has 2 aliphatic heterocycles. The van der Waals surface area contributed by atoms with Crippen LogP contribution in [0.2, 0.25) is 0 Å². The molecule has 7 heteroatoms. The van der Waals surface area contributed by atoms with E-state index in [0.717, 1.165) is 5.56 Å². The molecule has 2 fully saturated rings. The van der Waals surface area contributed by atoms with Crippen molar-refractivity contribution in [2.24, 2.45) is 0 Å². The van der Waals surface area contributed by atoms with Crippen molar-refractivity contribution in [2.45, 2.75) is 25.0 Å². The van der Waals surface area contributed by atoms with Crippen molar-refractivity contribution in [1.29, 1.82) is 0 Å². The van der Waals surface area contributed by atoms with E-state index < -0.39 is 15.9 Å². The van der Waals surface area contributed by atoms with E-state index >= 15 is 0 Å². The van der Waals surface area contributed by atoms with Crippen molar-refractivity contribution < 1.29 is 22.3 Å². The maximum absolute atomic E-state index is 13.1. The molecule has 1 aromatic rings. The van der Waals surface area contributed by atoms with Crippen molar-refractivity contribution in [3.63, 3.8) is 0 Å². The van der Waals surface area contributed by atoms with Gasteiger partial charge in [-0.2, -0.15) is 0 Å². The van der Waals surface area contributed by atoms with Gasteiger partial charge in [0.05, 0.1) is 30.3 Å². The Morgan fingerprint density at radius 1 is 1.36 bits per heavy atom. The van der Waals surface area contributed by atoms with Crippen LogP contribution in [0.25, 0.3) is 0 Å². The fourth-order valence-corrected chi connectivity index (χ4v) is 4.98. The molecular formula is C15H18FNO4S. The average molecular weight is 327 g/mol. The lowest BCUT2D eigenvalue weighted by molar-refractivity contribution is -0.142. The number of carbonyl (C=O) groups excluding carboxylic acids is 1. The van der Waals surface area contributed by atoms with Crippen LogP contribution in [-0.4, -0.2) is 56.0 Å². The topological polar surface area (TPSA) is 63.7 Å². The Hall–Kier alpha value is -1.47. The number of aryl methyl sites for hydroxylation is 1. The van der Waals surface area contributed by atoms with E-state index in [0.29, 0.717) is 19.6 Å². The first-order valence-corrected chi connectivity index (χ1v) is 9.13. The van der Waals surface area contributed by atoms with E-state index in [1.807, 2.05) is 0 Å². The van der Waals surface area contributed by atoms with Gasteiger partial charge in [-0.3, -0.25) is 4.79 Å². The number of benzene rings is 1. The molecule has 1 aromatic carbocycles. The van der Waals surface area contributed by atoms with Gasteiger partial charge < -0.3 is 9.64 Å². The molecule has 2 atom stereocenters. The molecule has 3 rings (SSSR count). The van der Waals surface area contributed by atoms with Gasteiger partial charge in [-0.05, 0) is 24.1 Å². The maximum Gasteiger partial charge on any atom is 0.223 e. The van der Waals surface area contributed by atoms with Crippen molar-refractivity contribution in [1.82, 2.24) is 4.90 Å². The molecule has 0 aliphatic carbocycles. The summed E-state index contributed by atoms with van der Waals surface area (Å²) < 4.78 is 42.0. The molecule has 0 bridgehead atoms. The Morgan fingerprint density at radius 2 is 2.18 bits per heavy atom. The Labute approximate surface area is 129 Å². The summed E-state index contributed by atoms with van der Waals surface area (Å²) in [5, 5.41) is 0. The number of sulfone groups is 1. The second-order valence-electron chi connectivity index (χ2n) is 5.77. The lowest BCUT2D eigenvalue weighted by atomic mass is 10.1. The fraction of sp³-hybridized carbons (Fsp3) is 0.533. The molecule has 2 heterocycles. The van der Waals surface area contributed by atoms with Crippen LogP contribution in [0.5, 0.6) is 0 Å².